The molecule has 30 heavy (non-hydrogen) atoms. The molecule has 0 unspecified atom stereocenters. The van der Waals surface area contributed by atoms with Crippen LogP contribution in [0.2, 0.25) is 0 Å². The maximum atomic E-state index is 12.3. The predicted octanol–water partition coefficient (Wildman–Crippen LogP) is 2.67. The monoisotopic (exact) mass is 415 g/mol. The van der Waals surface area contributed by atoms with E-state index < -0.39 is 22.9 Å². The Balaban J connectivity index is 1.96. The lowest BCUT2D eigenvalue weighted by Crippen LogP contribution is -2.30. The standard InChI is InChI=1S/C20H21N3O7/c1-12(20(26)22-17-9-8-16(29-3)11-18(17)23(27)28)30-19(25)10-14-4-6-15(7-5-14)21-13(2)24/h4-9,11-12H,10H2,1-3H3,(H,21,24)(H,22,26)/t12-/m0/s1. The molecule has 0 saturated heterocycles. The van der Waals surface area contributed by atoms with Gasteiger partial charge in [0.1, 0.15) is 11.4 Å². The van der Waals surface area contributed by atoms with Crippen molar-refractivity contribution in [2.45, 2.75) is 26.4 Å². The number of methoxy groups -OCH3 is 1. The highest BCUT2D eigenvalue weighted by atomic mass is 16.6. The van der Waals surface area contributed by atoms with Gasteiger partial charge in [-0.15, -0.1) is 0 Å². The Hall–Kier alpha value is -3.95. The van der Waals surface area contributed by atoms with Gasteiger partial charge >= 0.3 is 5.97 Å². The van der Waals surface area contributed by atoms with Crippen molar-refractivity contribution >= 4 is 34.8 Å². The smallest absolute Gasteiger partial charge is 0.311 e. The number of anilines is 2. The van der Waals surface area contributed by atoms with E-state index in [-0.39, 0.29) is 29.5 Å². The van der Waals surface area contributed by atoms with Crippen molar-refractivity contribution in [3.05, 3.63) is 58.1 Å². The molecule has 2 aromatic rings. The van der Waals surface area contributed by atoms with Crippen LogP contribution in [-0.2, 0) is 25.5 Å². The number of carbonyl (C=O) groups excluding carboxylic acids is 3. The minimum absolute atomic E-state index is 0.0396. The molecule has 158 valence electrons. The summed E-state index contributed by atoms with van der Waals surface area (Å²) >= 11 is 0. The van der Waals surface area contributed by atoms with Crippen molar-refractivity contribution in [3.63, 3.8) is 0 Å². The number of esters is 1. The maximum Gasteiger partial charge on any atom is 0.311 e. The summed E-state index contributed by atoms with van der Waals surface area (Å²) in [4.78, 5) is 46.0. The number of amides is 2. The third kappa shape index (κ3) is 6.30. The lowest BCUT2D eigenvalue weighted by molar-refractivity contribution is -0.384. The van der Waals surface area contributed by atoms with Gasteiger partial charge in [0.2, 0.25) is 5.91 Å². The number of nitro benzene ring substituents is 1. The van der Waals surface area contributed by atoms with Gasteiger partial charge in [0.05, 0.1) is 24.5 Å². The molecule has 0 radical (unpaired) electrons. The number of benzene rings is 2. The summed E-state index contributed by atoms with van der Waals surface area (Å²) in [6, 6.07) is 10.6. The molecular weight excluding hydrogens is 394 g/mol. The second kappa shape index (κ2) is 10.0. The Labute approximate surface area is 172 Å². The third-order valence-electron chi connectivity index (χ3n) is 3.96. The molecule has 2 N–H and O–H groups in total. The summed E-state index contributed by atoms with van der Waals surface area (Å²) in [5.41, 5.74) is 0.837. The molecule has 0 heterocycles. The van der Waals surface area contributed by atoms with Crippen LogP contribution in [0.15, 0.2) is 42.5 Å². The Morgan fingerprint density at radius 3 is 2.33 bits per heavy atom. The van der Waals surface area contributed by atoms with E-state index in [9.17, 15) is 24.5 Å². The highest BCUT2D eigenvalue weighted by molar-refractivity contribution is 5.97. The van der Waals surface area contributed by atoms with Gasteiger partial charge in [-0.05, 0) is 36.8 Å². The first-order chi connectivity index (χ1) is 14.2. The lowest BCUT2D eigenvalue weighted by atomic mass is 10.1. The lowest BCUT2D eigenvalue weighted by Gasteiger charge is -2.14. The average molecular weight is 415 g/mol. The number of hydrogen-bond donors (Lipinski definition) is 2. The average Bonchev–Trinajstić information content (AvgIpc) is 2.69. The van der Waals surface area contributed by atoms with Gasteiger partial charge in [-0.1, -0.05) is 12.1 Å². The maximum absolute atomic E-state index is 12.3. The van der Waals surface area contributed by atoms with Gasteiger partial charge in [0, 0.05) is 12.6 Å². The van der Waals surface area contributed by atoms with E-state index in [0.717, 1.165) is 0 Å². The van der Waals surface area contributed by atoms with Crippen LogP contribution in [0, 0.1) is 10.1 Å². The van der Waals surface area contributed by atoms with Crippen LogP contribution < -0.4 is 15.4 Å². The van der Waals surface area contributed by atoms with E-state index in [1.165, 1.54) is 39.2 Å². The fraction of sp³-hybridized carbons (Fsp3) is 0.250. The molecule has 0 fully saturated rings. The van der Waals surface area contributed by atoms with Crippen LogP contribution in [0.1, 0.15) is 19.4 Å². The summed E-state index contributed by atoms with van der Waals surface area (Å²) in [6.07, 6.45) is -1.25. The van der Waals surface area contributed by atoms with E-state index in [4.69, 9.17) is 9.47 Å². The SMILES string of the molecule is COc1ccc(NC(=O)[C@H](C)OC(=O)Cc2ccc(NC(C)=O)cc2)c([N+](=O)[O-])c1. The zero-order valence-electron chi connectivity index (χ0n) is 16.6. The Morgan fingerprint density at radius 2 is 1.77 bits per heavy atom. The summed E-state index contributed by atoms with van der Waals surface area (Å²) < 4.78 is 10.1. The molecule has 2 rings (SSSR count). The minimum atomic E-state index is -1.17. The molecule has 10 heteroatoms. The zero-order chi connectivity index (χ0) is 22.3. The van der Waals surface area contributed by atoms with Gasteiger partial charge in [-0.2, -0.15) is 0 Å². The van der Waals surface area contributed by atoms with E-state index in [0.29, 0.717) is 11.3 Å². The molecule has 0 aliphatic heterocycles. The van der Waals surface area contributed by atoms with Gasteiger partial charge < -0.3 is 20.1 Å². The Morgan fingerprint density at radius 1 is 1.10 bits per heavy atom. The molecule has 0 bridgehead atoms. The largest absolute Gasteiger partial charge is 0.496 e. The van der Waals surface area contributed by atoms with Gasteiger partial charge in [-0.3, -0.25) is 24.5 Å². The highest BCUT2D eigenvalue weighted by Gasteiger charge is 2.22. The van der Waals surface area contributed by atoms with Crippen LogP contribution in [0.4, 0.5) is 17.1 Å². The molecule has 0 aliphatic rings. The summed E-state index contributed by atoms with van der Waals surface area (Å²) in [5, 5.41) is 16.2. The highest BCUT2D eigenvalue weighted by Crippen LogP contribution is 2.29. The molecule has 2 amide bonds. The zero-order valence-corrected chi connectivity index (χ0v) is 16.6. The number of nitro groups is 1. The number of rotatable bonds is 8. The Kier molecular flexibility index (Phi) is 7.45. The molecular formula is C20H21N3O7. The number of nitrogens with zero attached hydrogens (tertiary/aromatic N) is 1. The topological polar surface area (TPSA) is 137 Å². The molecule has 2 aromatic carbocycles. The molecule has 0 spiro atoms. The first-order valence-corrected chi connectivity index (χ1v) is 8.89. The number of nitrogens with one attached hydrogen (secondary N) is 2. The summed E-state index contributed by atoms with van der Waals surface area (Å²) in [6.45, 7) is 2.75. The first kappa shape index (κ1) is 22.3. The minimum Gasteiger partial charge on any atom is -0.496 e. The predicted molar refractivity (Wildman–Crippen MR) is 108 cm³/mol. The van der Waals surface area contributed by atoms with Crippen LogP contribution in [-0.4, -0.2) is 35.9 Å². The van der Waals surface area contributed by atoms with Gasteiger partial charge in [0.25, 0.3) is 11.6 Å². The second-order valence-electron chi connectivity index (χ2n) is 6.32. The van der Waals surface area contributed by atoms with Crippen LogP contribution in [0.5, 0.6) is 5.75 Å². The fourth-order valence-electron chi connectivity index (χ4n) is 2.50. The first-order valence-electron chi connectivity index (χ1n) is 8.89. The van der Waals surface area contributed by atoms with Crippen molar-refractivity contribution in [2.75, 3.05) is 17.7 Å². The molecule has 0 aromatic heterocycles. The van der Waals surface area contributed by atoms with Crippen LogP contribution >= 0.6 is 0 Å². The number of hydrogen-bond acceptors (Lipinski definition) is 7. The van der Waals surface area contributed by atoms with E-state index in [2.05, 4.69) is 10.6 Å². The van der Waals surface area contributed by atoms with E-state index >= 15 is 0 Å². The Bertz CT molecular complexity index is 957. The second-order valence-corrected chi connectivity index (χ2v) is 6.32. The van der Waals surface area contributed by atoms with Crippen molar-refractivity contribution in [1.29, 1.82) is 0 Å². The van der Waals surface area contributed by atoms with Crippen molar-refractivity contribution in [1.82, 2.24) is 0 Å². The van der Waals surface area contributed by atoms with Crippen molar-refractivity contribution in [3.8, 4) is 5.75 Å². The molecule has 0 saturated carbocycles. The van der Waals surface area contributed by atoms with Crippen molar-refractivity contribution in [2.24, 2.45) is 0 Å². The number of ether oxygens (including phenoxy) is 2. The van der Waals surface area contributed by atoms with Crippen molar-refractivity contribution < 1.29 is 28.8 Å². The van der Waals surface area contributed by atoms with Crippen LogP contribution in [0.3, 0.4) is 0 Å². The normalized spacial score (nSPS) is 11.2. The quantitative estimate of drug-likeness (QED) is 0.384. The summed E-state index contributed by atoms with van der Waals surface area (Å²) in [5.74, 6) is -1.30. The third-order valence-corrected chi connectivity index (χ3v) is 3.96. The molecule has 0 aliphatic carbocycles. The molecule has 1 atom stereocenters. The number of carbonyl (C=O) groups is 3. The molecule has 10 nitrogen and oxygen atoms in total. The van der Waals surface area contributed by atoms with Gasteiger partial charge in [-0.25, -0.2) is 0 Å². The van der Waals surface area contributed by atoms with E-state index in [1.54, 1.807) is 24.3 Å². The summed E-state index contributed by atoms with van der Waals surface area (Å²) in [7, 11) is 1.37. The fourth-order valence-corrected chi connectivity index (χ4v) is 2.50. The van der Waals surface area contributed by atoms with Gasteiger partial charge in [0.15, 0.2) is 6.10 Å². The van der Waals surface area contributed by atoms with Crippen LogP contribution in [0.25, 0.3) is 0 Å². The van der Waals surface area contributed by atoms with E-state index in [1.807, 2.05) is 0 Å².